The summed E-state index contributed by atoms with van der Waals surface area (Å²) >= 11 is 7.96. The topological polar surface area (TPSA) is 68.9 Å². The second-order valence-corrected chi connectivity index (χ2v) is 8.06. The highest BCUT2D eigenvalue weighted by Crippen LogP contribution is 2.35. The minimum atomic E-state index is -0.320. The van der Waals surface area contributed by atoms with Crippen molar-refractivity contribution in [1.82, 2.24) is 9.97 Å². The maximum Gasteiger partial charge on any atom is 0.221 e. The van der Waals surface area contributed by atoms with E-state index in [0.717, 1.165) is 52.5 Å². The second-order valence-electron chi connectivity index (χ2n) is 6.51. The van der Waals surface area contributed by atoms with E-state index in [1.54, 1.807) is 0 Å². The maximum absolute atomic E-state index is 11.1. The number of hydrogen-bond donors (Lipinski definition) is 1. The fourth-order valence-electron chi connectivity index (χ4n) is 3.18. The van der Waals surface area contributed by atoms with Gasteiger partial charge in [-0.25, -0.2) is 9.97 Å². The number of halogens is 1. The predicted octanol–water partition coefficient (Wildman–Crippen LogP) is 4.06. The number of hydrogen-bond acceptors (Lipinski definition) is 4. The third kappa shape index (κ3) is 4.15. The molecule has 2 N–H and O–H groups in total. The lowest BCUT2D eigenvalue weighted by atomic mass is 10.0. The molecule has 0 bridgehead atoms. The van der Waals surface area contributed by atoms with Crippen LogP contribution in [0.25, 0.3) is 11.4 Å². The Labute approximate surface area is 167 Å². The molecular formula is C21H18ClN3OS. The normalized spacial score (nSPS) is 12.8. The summed E-state index contributed by atoms with van der Waals surface area (Å²) in [5, 5.41) is 0.678. The van der Waals surface area contributed by atoms with Crippen LogP contribution >= 0.6 is 23.4 Å². The summed E-state index contributed by atoms with van der Waals surface area (Å²) < 4.78 is 0. The summed E-state index contributed by atoms with van der Waals surface area (Å²) in [5.41, 5.74) is 10.4. The summed E-state index contributed by atoms with van der Waals surface area (Å²) in [6.45, 7) is 0. The molecule has 1 aromatic heterocycles. The zero-order chi connectivity index (χ0) is 18.8. The molecule has 4 nitrogen and oxygen atoms in total. The average Bonchev–Trinajstić information content (AvgIpc) is 3.12. The molecule has 0 saturated heterocycles. The minimum Gasteiger partial charge on any atom is -0.369 e. The monoisotopic (exact) mass is 395 g/mol. The van der Waals surface area contributed by atoms with Crippen molar-refractivity contribution in [3.8, 4) is 11.4 Å². The molecule has 0 fully saturated rings. The van der Waals surface area contributed by atoms with E-state index in [1.807, 2.05) is 60.3 Å². The molecule has 2 aromatic carbocycles. The van der Waals surface area contributed by atoms with E-state index in [2.05, 4.69) is 0 Å². The van der Waals surface area contributed by atoms with Gasteiger partial charge in [-0.1, -0.05) is 48.0 Å². The van der Waals surface area contributed by atoms with Crippen LogP contribution < -0.4 is 5.73 Å². The number of amides is 1. The van der Waals surface area contributed by atoms with E-state index < -0.39 is 0 Å². The minimum absolute atomic E-state index is 0.262. The van der Waals surface area contributed by atoms with Crippen LogP contribution in [-0.2, 0) is 24.1 Å². The van der Waals surface area contributed by atoms with Crippen molar-refractivity contribution >= 4 is 29.3 Å². The van der Waals surface area contributed by atoms with E-state index in [9.17, 15) is 4.79 Å². The fourth-order valence-corrected chi connectivity index (χ4v) is 4.47. The van der Waals surface area contributed by atoms with Crippen molar-refractivity contribution in [1.29, 1.82) is 0 Å². The van der Waals surface area contributed by atoms with Crippen molar-refractivity contribution in [2.75, 3.05) is 5.75 Å². The number of nitrogens with two attached hydrogens (primary N) is 1. The summed E-state index contributed by atoms with van der Waals surface area (Å²) in [5.74, 6) is 1.44. The molecule has 1 amide bonds. The first-order valence-corrected chi connectivity index (χ1v) is 10.1. The van der Waals surface area contributed by atoms with Gasteiger partial charge in [-0.2, -0.15) is 0 Å². The number of primary amides is 1. The molecule has 1 aliphatic rings. The molecule has 0 saturated carbocycles. The van der Waals surface area contributed by atoms with Gasteiger partial charge in [0.25, 0.3) is 0 Å². The summed E-state index contributed by atoms with van der Waals surface area (Å²) in [6.07, 6.45) is 1.95. The van der Waals surface area contributed by atoms with E-state index >= 15 is 0 Å². The Balaban J connectivity index is 1.67. The number of rotatable bonds is 5. The van der Waals surface area contributed by atoms with Crippen LogP contribution in [0.2, 0.25) is 5.02 Å². The van der Waals surface area contributed by atoms with Crippen LogP contribution in [0.5, 0.6) is 0 Å². The number of carbonyl (C=O) groups excluding carboxylic acids is 1. The van der Waals surface area contributed by atoms with E-state index in [-0.39, 0.29) is 12.3 Å². The van der Waals surface area contributed by atoms with Gasteiger partial charge >= 0.3 is 0 Å². The fraction of sp³-hybridized carbons (Fsp3) is 0.190. The average molecular weight is 396 g/mol. The number of fused-ring (bicyclic) bond motifs is 1. The van der Waals surface area contributed by atoms with E-state index in [0.29, 0.717) is 5.02 Å². The van der Waals surface area contributed by atoms with Gasteiger partial charge in [0.05, 0.1) is 22.7 Å². The molecule has 0 radical (unpaired) electrons. The van der Waals surface area contributed by atoms with Crippen LogP contribution in [0.15, 0.2) is 53.4 Å². The smallest absolute Gasteiger partial charge is 0.221 e. The number of aryl methyl sites for hydroxylation is 1. The molecule has 136 valence electrons. The zero-order valence-corrected chi connectivity index (χ0v) is 16.2. The third-order valence-corrected chi connectivity index (χ3v) is 5.85. The zero-order valence-electron chi connectivity index (χ0n) is 14.6. The lowest BCUT2D eigenvalue weighted by Crippen LogP contribution is -2.13. The van der Waals surface area contributed by atoms with Gasteiger partial charge in [0.15, 0.2) is 5.82 Å². The van der Waals surface area contributed by atoms with Gasteiger partial charge < -0.3 is 5.73 Å². The quantitative estimate of drug-likeness (QED) is 0.707. The lowest BCUT2D eigenvalue weighted by Gasteiger charge is -2.11. The Kier molecular flexibility index (Phi) is 5.14. The first-order chi connectivity index (χ1) is 13.1. The van der Waals surface area contributed by atoms with Crippen LogP contribution in [-0.4, -0.2) is 21.6 Å². The molecule has 3 aromatic rings. The van der Waals surface area contributed by atoms with Crippen molar-refractivity contribution in [2.24, 2.45) is 5.73 Å². The van der Waals surface area contributed by atoms with Crippen molar-refractivity contribution < 1.29 is 4.79 Å². The summed E-state index contributed by atoms with van der Waals surface area (Å²) in [4.78, 5) is 21.9. The Morgan fingerprint density at radius 3 is 2.63 bits per heavy atom. The van der Waals surface area contributed by atoms with Gasteiger partial charge in [0, 0.05) is 29.2 Å². The molecule has 0 unspecified atom stereocenters. The molecule has 6 heteroatoms. The van der Waals surface area contributed by atoms with Gasteiger partial charge in [-0.05, 0) is 23.3 Å². The van der Waals surface area contributed by atoms with Crippen LogP contribution in [0.4, 0.5) is 0 Å². The molecule has 2 heterocycles. The van der Waals surface area contributed by atoms with Gasteiger partial charge in [-0.15, -0.1) is 11.8 Å². The Morgan fingerprint density at radius 2 is 1.89 bits per heavy atom. The predicted molar refractivity (Wildman–Crippen MR) is 109 cm³/mol. The molecule has 0 atom stereocenters. The number of thioether (sulfide) groups is 1. The number of carbonyl (C=O) groups is 1. The molecule has 4 rings (SSSR count). The maximum atomic E-state index is 11.1. The largest absolute Gasteiger partial charge is 0.369 e. The van der Waals surface area contributed by atoms with Gasteiger partial charge in [0.1, 0.15) is 0 Å². The summed E-state index contributed by atoms with van der Waals surface area (Å²) in [7, 11) is 0. The second kappa shape index (κ2) is 7.71. The molecule has 27 heavy (non-hydrogen) atoms. The first-order valence-electron chi connectivity index (χ1n) is 8.73. The Bertz CT molecular complexity index is 1000. The van der Waals surface area contributed by atoms with Crippen LogP contribution in [0, 0.1) is 0 Å². The highest BCUT2D eigenvalue weighted by Gasteiger charge is 2.21. The van der Waals surface area contributed by atoms with Crippen LogP contribution in [0.1, 0.15) is 22.5 Å². The molecule has 0 aliphatic carbocycles. The molecule has 1 aliphatic heterocycles. The Hall–Kier alpha value is -2.37. The standard InChI is InChI=1S/C21H18ClN3OS/c22-16-3-1-2-15(12-16)21-24-17-8-9-27-20(17)18(25-21)10-13-4-6-14(7-5-13)11-19(23)26/h1-7,12H,8-11H2,(H2,23,26). The van der Waals surface area contributed by atoms with E-state index in [4.69, 9.17) is 27.3 Å². The van der Waals surface area contributed by atoms with E-state index in [1.165, 1.54) is 4.90 Å². The summed E-state index contributed by atoms with van der Waals surface area (Å²) in [6, 6.07) is 15.6. The highest BCUT2D eigenvalue weighted by atomic mass is 35.5. The van der Waals surface area contributed by atoms with Crippen molar-refractivity contribution in [2.45, 2.75) is 24.2 Å². The number of aromatic nitrogens is 2. The van der Waals surface area contributed by atoms with Gasteiger partial charge in [0.2, 0.25) is 5.91 Å². The highest BCUT2D eigenvalue weighted by molar-refractivity contribution is 7.99. The molecule has 0 spiro atoms. The number of benzene rings is 2. The lowest BCUT2D eigenvalue weighted by molar-refractivity contribution is -0.117. The third-order valence-electron chi connectivity index (χ3n) is 4.45. The Morgan fingerprint density at radius 1 is 1.11 bits per heavy atom. The van der Waals surface area contributed by atoms with Gasteiger partial charge in [-0.3, -0.25) is 4.79 Å². The van der Waals surface area contributed by atoms with Crippen molar-refractivity contribution in [3.63, 3.8) is 0 Å². The SMILES string of the molecule is NC(=O)Cc1ccc(Cc2nc(-c3cccc(Cl)c3)nc3c2SCC3)cc1. The number of nitrogens with zero attached hydrogens (tertiary/aromatic N) is 2. The first kappa shape index (κ1) is 18.0. The molecular weight excluding hydrogens is 378 g/mol. The van der Waals surface area contributed by atoms with Crippen molar-refractivity contribution in [3.05, 3.63) is 76.1 Å². The van der Waals surface area contributed by atoms with Crippen LogP contribution in [0.3, 0.4) is 0 Å².